The van der Waals surface area contributed by atoms with Gasteiger partial charge in [-0.15, -0.1) is 0 Å². The minimum atomic E-state index is -4.77. The van der Waals surface area contributed by atoms with Crippen molar-refractivity contribution < 1.29 is 76.7 Å². The van der Waals surface area contributed by atoms with Gasteiger partial charge in [0.15, 0.2) is 6.10 Å². The van der Waals surface area contributed by atoms with Crippen molar-refractivity contribution in [3.05, 3.63) is 0 Å². The third kappa shape index (κ3) is 37.1. The molecular weight excluding hydrogens is 660 g/mol. The van der Waals surface area contributed by atoms with Gasteiger partial charge in [0.05, 0.1) is 13.2 Å². The molecule has 0 aromatic carbocycles. The third-order valence-electron chi connectivity index (χ3n) is 8.06. The summed E-state index contributed by atoms with van der Waals surface area (Å²) < 4.78 is 37.4. The molecular formula is C36H69NNaO10P. The van der Waals surface area contributed by atoms with Crippen molar-refractivity contribution >= 4 is 25.7 Å². The van der Waals surface area contributed by atoms with E-state index in [1.165, 1.54) is 97.0 Å². The van der Waals surface area contributed by atoms with Crippen LogP contribution in [-0.2, 0) is 42.2 Å². The van der Waals surface area contributed by atoms with E-state index >= 15 is 0 Å². The van der Waals surface area contributed by atoms with Gasteiger partial charge in [-0.1, -0.05) is 142 Å². The van der Waals surface area contributed by atoms with E-state index in [0.717, 1.165) is 38.5 Å². The maximum absolute atomic E-state index is 12.5. The summed E-state index contributed by atoms with van der Waals surface area (Å²) in [5.41, 5.74) is 0. The van der Waals surface area contributed by atoms with E-state index in [1.807, 2.05) is 0 Å². The first-order valence-corrected chi connectivity index (χ1v) is 20.4. The fraction of sp³-hybridized carbons (Fsp3) is 0.917. The van der Waals surface area contributed by atoms with E-state index in [9.17, 15) is 23.8 Å². The summed E-state index contributed by atoms with van der Waals surface area (Å²) in [6.45, 7) is 3.02. The minimum absolute atomic E-state index is 0. The van der Waals surface area contributed by atoms with Gasteiger partial charge in [-0.3, -0.25) is 18.9 Å². The summed E-state index contributed by atoms with van der Waals surface area (Å²) in [5, 5.41) is 2.44. The first-order valence-electron chi connectivity index (χ1n) is 18.9. The molecule has 0 aromatic rings. The maximum Gasteiger partial charge on any atom is 1.00 e. The molecule has 0 bridgehead atoms. The van der Waals surface area contributed by atoms with Gasteiger partial charge >= 0.3 is 41.5 Å². The fourth-order valence-corrected chi connectivity index (χ4v) is 5.97. The van der Waals surface area contributed by atoms with Crippen LogP contribution in [0.3, 0.4) is 0 Å². The molecule has 0 saturated heterocycles. The van der Waals surface area contributed by atoms with E-state index in [2.05, 4.69) is 23.9 Å². The zero-order valence-electron chi connectivity index (χ0n) is 31.6. The van der Waals surface area contributed by atoms with E-state index in [1.54, 1.807) is 0 Å². The molecule has 1 amide bonds. The normalized spacial score (nSPS) is 12.9. The van der Waals surface area contributed by atoms with Crippen molar-refractivity contribution in [2.75, 3.05) is 40.1 Å². The Hall–Kier alpha value is -0.520. The Labute approximate surface area is 320 Å². The van der Waals surface area contributed by atoms with Gasteiger partial charge in [-0.2, -0.15) is 0 Å². The number of hydrogen-bond donors (Lipinski definition) is 1. The second-order valence-electron chi connectivity index (χ2n) is 12.7. The summed E-state index contributed by atoms with van der Waals surface area (Å²) in [4.78, 5) is 48.6. The second-order valence-corrected chi connectivity index (χ2v) is 14.1. The Morgan fingerprint density at radius 3 is 1.51 bits per heavy atom. The molecule has 49 heavy (non-hydrogen) atoms. The van der Waals surface area contributed by atoms with Gasteiger partial charge in [-0.05, 0) is 12.8 Å². The van der Waals surface area contributed by atoms with Crippen LogP contribution in [-0.4, -0.2) is 64.0 Å². The topological polar surface area (TPSA) is 150 Å². The minimum Gasteiger partial charge on any atom is -0.756 e. The Morgan fingerprint density at radius 1 is 0.633 bits per heavy atom. The number of rotatable bonds is 36. The van der Waals surface area contributed by atoms with E-state index < -0.39 is 38.4 Å². The zero-order valence-corrected chi connectivity index (χ0v) is 34.5. The van der Waals surface area contributed by atoms with Gasteiger partial charge in [-0.25, -0.2) is 0 Å². The first kappa shape index (κ1) is 50.6. The smallest absolute Gasteiger partial charge is 0.756 e. The van der Waals surface area contributed by atoms with Crippen molar-refractivity contribution in [3.8, 4) is 0 Å². The van der Waals surface area contributed by atoms with Crippen LogP contribution in [0.1, 0.15) is 168 Å². The largest absolute Gasteiger partial charge is 1.00 e. The summed E-state index contributed by atoms with van der Waals surface area (Å²) >= 11 is 0. The van der Waals surface area contributed by atoms with Crippen LogP contribution in [0.15, 0.2) is 0 Å². The number of phosphoric ester groups is 1. The van der Waals surface area contributed by atoms with E-state index in [4.69, 9.17) is 18.5 Å². The molecule has 0 aromatic heterocycles. The number of unbranched alkanes of at least 4 members (excludes halogenated alkanes) is 20. The molecule has 0 aliphatic carbocycles. The molecule has 13 heteroatoms. The average molecular weight is 730 g/mol. The summed E-state index contributed by atoms with van der Waals surface area (Å²) in [6, 6.07) is 0. The number of ether oxygens (including phenoxy) is 3. The molecule has 0 heterocycles. The van der Waals surface area contributed by atoms with Crippen LogP contribution >= 0.6 is 7.82 Å². The van der Waals surface area contributed by atoms with Crippen LogP contribution < -0.4 is 39.8 Å². The molecule has 1 N–H and O–H groups in total. The predicted molar refractivity (Wildman–Crippen MR) is 187 cm³/mol. The van der Waals surface area contributed by atoms with Crippen LogP contribution in [0.4, 0.5) is 0 Å². The molecule has 0 radical (unpaired) electrons. The standard InChI is InChI=1S/C36H70NO10P.Na/c1-4-6-8-10-12-14-16-18-20-22-24-26-35(39)44-30-33(31-46-48(41,42)45-29-28-37-34(38)32-43-3)47-36(40)27-25-23-21-19-17-15-13-11-9-7-5-2;/h33H,4-32H2,1-3H3,(H,37,38)(H,41,42);/q;+1/p-1/t33-;/m1./s1. The first-order chi connectivity index (χ1) is 23.2. The summed E-state index contributed by atoms with van der Waals surface area (Å²) in [7, 11) is -3.40. The van der Waals surface area contributed by atoms with Crippen LogP contribution in [0.2, 0.25) is 0 Å². The van der Waals surface area contributed by atoms with Gasteiger partial charge in [0.25, 0.3) is 7.82 Å². The van der Waals surface area contributed by atoms with Gasteiger partial charge in [0.1, 0.15) is 13.2 Å². The number of esters is 2. The molecule has 0 saturated carbocycles. The SMILES string of the molecule is CCCCCCCCCCCCCC(=O)OC[C@H](COP(=O)([O-])OCCNC(=O)COC)OC(=O)CCCCCCCCCCCCC.[Na+]. The molecule has 1 unspecified atom stereocenters. The van der Waals surface area contributed by atoms with Crippen LogP contribution in [0.25, 0.3) is 0 Å². The molecule has 0 rings (SSSR count). The predicted octanol–water partition coefficient (Wildman–Crippen LogP) is 5.11. The van der Waals surface area contributed by atoms with Crippen molar-refractivity contribution in [1.82, 2.24) is 5.32 Å². The van der Waals surface area contributed by atoms with Gasteiger partial charge in [0.2, 0.25) is 5.91 Å². The monoisotopic (exact) mass is 729 g/mol. The van der Waals surface area contributed by atoms with Gasteiger partial charge in [0, 0.05) is 26.5 Å². The number of carbonyl (C=O) groups excluding carboxylic acids is 3. The molecule has 2 atom stereocenters. The Morgan fingerprint density at radius 2 is 1.06 bits per heavy atom. The number of phosphoric acid groups is 1. The Bertz CT molecular complexity index is 836. The Kier molecular flexibility index (Phi) is 38.5. The van der Waals surface area contributed by atoms with E-state index in [0.29, 0.717) is 12.8 Å². The number of carbonyl (C=O) groups is 3. The number of methoxy groups -OCH3 is 1. The zero-order chi connectivity index (χ0) is 35.6. The molecule has 0 aliphatic rings. The summed E-state index contributed by atoms with van der Waals surface area (Å²) in [6.07, 6.45) is 24.9. The van der Waals surface area contributed by atoms with Crippen molar-refractivity contribution in [1.29, 1.82) is 0 Å². The second kappa shape index (κ2) is 37.2. The quantitative estimate of drug-likeness (QED) is 0.0399. The van der Waals surface area contributed by atoms with Crippen molar-refractivity contribution in [3.63, 3.8) is 0 Å². The molecule has 0 aliphatic heterocycles. The maximum atomic E-state index is 12.5. The average Bonchev–Trinajstić information content (AvgIpc) is 3.06. The Balaban J connectivity index is 0. The molecule has 0 fully saturated rings. The number of hydrogen-bond acceptors (Lipinski definition) is 10. The molecule has 11 nitrogen and oxygen atoms in total. The number of nitrogens with one attached hydrogen (secondary N) is 1. The van der Waals surface area contributed by atoms with Crippen molar-refractivity contribution in [2.24, 2.45) is 0 Å². The number of amides is 1. The summed E-state index contributed by atoms with van der Waals surface area (Å²) in [5.74, 6) is -1.34. The van der Waals surface area contributed by atoms with E-state index in [-0.39, 0.29) is 68.8 Å². The van der Waals surface area contributed by atoms with Crippen LogP contribution in [0, 0.1) is 0 Å². The van der Waals surface area contributed by atoms with Crippen LogP contribution in [0.5, 0.6) is 0 Å². The third-order valence-corrected chi connectivity index (χ3v) is 9.03. The molecule has 0 spiro atoms. The molecule has 284 valence electrons. The van der Waals surface area contributed by atoms with Gasteiger partial charge < -0.3 is 33.5 Å². The van der Waals surface area contributed by atoms with Crippen molar-refractivity contribution in [2.45, 2.75) is 174 Å². The fourth-order valence-electron chi connectivity index (χ4n) is 5.23.